The number of methoxy groups -OCH3 is 2. The molecule has 1 amide bonds. The molecule has 6 rings (SSSR count). The molecule has 0 saturated heterocycles. The van der Waals surface area contributed by atoms with Crippen LogP contribution >= 0.6 is 0 Å². The summed E-state index contributed by atoms with van der Waals surface area (Å²) in [5.41, 5.74) is 13.0. The first kappa shape index (κ1) is 41.2. The Labute approximate surface area is 340 Å². The van der Waals surface area contributed by atoms with Crippen molar-refractivity contribution in [1.29, 1.82) is 0 Å². The van der Waals surface area contributed by atoms with E-state index in [0.717, 1.165) is 45.8 Å². The molecule has 0 bridgehead atoms. The van der Waals surface area contributed by atoms with Gasteiger partial charge in [-0.15, -0.1) is 6.58 Å². The minimum Gasteiger partial charge on any atom is -0.493 e. The quantitative estimate of drug-likeness (QED) is 0.0366. The Morgan fingerprint density at radius 2 is 1.60 bits per heavy atom. The van der Waals surface area contributed by atoms with Crippen molar-refractivity contribution in [3.63, 3.8) is 0 Å². The van der Waals surface area contributed by atoms with Gasteiger partial charge in [0.05, 0.1) is 39.2 Å². The Hall–Kier alpha value is -6.49. The van der Waals surface area contributed by atoms with E-state index < -0.39 is 0 Å². The summed E-state index contributed by atoms with van der Waals surface area (Å²) in [7, 11) is 3.08. The number of rotatable bonds is 17. The second-order valence-corrected chi connectivity index (χ2v) is 14.3. The fourth-order valence-electron chi connectivity index (χ4n) is 6.98. The molecule has 2 aliphatic heterocycles. The van der Waals surface area contributed by atoms with Crippen LogP contribution in [0.3, 0.4) is 0 Å². The summed E-state index contributed by atoms with van der Waals surface area (Å²) in [5.74, 6) is 3.11. The van der Waals surface area contributed by atoms with Gasteiger partial charge in [-0.25, -0.2) is 0 Å². The number of aliphatic imine (C=N–C) groups is 1. The number of Topliss-reactive ketones (excluding diaryl/α,β-unsaturated/α-hetero) is 1. The molecule has 2 unspecified atom stereocenters. The van der Waals surface area contributed by atoms with Crippen molar-refractivity contribution >= 4 is 40.4 Å². The highest BCUT2D eigenvalue weighted by molar-refractivity contribution is 6.00. The van der Waals surface area contributed by atoms with Crippen LogP contribution in [-0.4, -0.2) is 63.1 Å². The Balaban J connectivity index is 1.08. The van der Waals surface area contributed by atoms with Crippen LogP contribution in [0.1, 0.15) is 77.4 Å². The number of hydrogen-bond donors (Lipinski definition) is 1. The van der Waals surface area contributed by atoms with E-state index in [1.54, 1.807) is 36.3 Å². The van der Waals surface area contributed by atoms with E-state index in [9.17, 15) is 9.59 Å². The van der Waals surface area contributed by atoms with Crippen LogP contribution in [0, 0.1) is 12.8 Å². The Bertz CT molecular complexity index is 2260. The first-order chi connectivity index (χ1) is 28.0. The van der Waals surface area contributed by atoms with E-state index in [4.69, 9.17) is 39.1 Å². The van der Waals surface area contributed by atoms with Gasteiger partial charge in [-0.3, -0.25) is 14.6 Å². The third kappa shape index (κ3) is 9.37. The summed E-state index contributed by atoms with van der Waals surface area (Å²) in [5, 5.41) is 0. The number of carbonyl (C=O) groups is 2. The molecule has 11 nitrogen and oxygen atoms in total. The van der Waals surface area contributed by atoms with E-state index >= 15 is 0 Å². The summed E-state index contributed by atoms with van der Waals surface area (Å²) in [4.78, 5) is 33.0. The molecule has 4 aromatic rings. The number of nitrogens with two attached hydrogens (primary N) is 1. The van der Waals surface area contributed by atoms with E-state index in [-0.39, 0.29) is 30.4 Å². The van der Waals surface area contributed by atoms with Crippen LogP contribution in [0.5, 0.6) is 34.5 Å². The molecular weight excluding hydrogens is 735 g/mol. The van der Waals surface area contributed by atoms with Crippen LogP contribution in [-0.2, 0) is 0 Å². The van der Waals surface area contributed by atoms with Crippen LogP contribution in [0.4, 0.5) is 11.4 Å². The van der Waals surface area contributed by atoms with Gasteiger partial charge in [0.15, 0.2) is 40.3 Å². The third-order valence-electron chi connectivity index (χ3n) is 10.2. The van der Waals surface area contributed by atoms with Crippen LogP contribution in [0.15, 0.2) is 96.7 Å². The number of nitrogen functional groups attached to an aromatic ring is 1. The lowest BCUT2D eigenvalue weighted by atomic mass is 9.95. The molecule has 4 aromatic carbocycles. The van der Waals surface area contributed by atoms with E-state index in [1.165, 1.54) is 14.0 Å². The molecular formula is C47H51N3O8. The summed E-state index contributed by atoms with van der Waals surface area (Å²) in [6.07, 6.45) is 9.53. The molecule has 302 valence electrons. The maximum atomic E-state index is 13.9. The Kier molecular flexibility index (Phi) is 13.2. The molecule has 0 radical (unpaired) electrons. The highest BCUT2D eigenvalue weighted by Crippen LogP contribution is 2.39. The number of allylic oxidation sites excluding steroid dienone is 2. The average molecular weight is 786 g/mol. The molecule has 0 spiro atoms. The molecule has 2 heterocycles. The van der Waals surface area contributed by atoms with Gasteiger partial charge in [0.25, 0.3) is 5.91 Å². The normalized spacial score (nSPS) is 15.3. The fourth-order valence-corrected chi connectivity index (χ4v) is 6.98. The summed E-state index contributed by atoms with van der Waals surface area (Å²) in [6.45, 7) is 12.3. The molecule has 0 aliphatic carbocycles. The number of fused-ring (bicyclic) bond motifs is 1. The van der Waals surface area contributed by atoms with Gasteiger partial charge in [0.1, 0.15) is 0 Å². The van der Waals surface area contributed by atoms with Gasteiger partial charge in [0.2, 0.25) is 6.79 Å². The van der Waals surface area contributed by atoms with E-state index in [2.05, 4.69) is 19.6 Å². The first-order valence-corrected chi connectivity index (χ1v) is 19.3. The van der Waals surface area contributed by atoms with Crippen molar-refractivity contribution in [1.82, 2.24) is 4.90 Å². The van der Waals surface area contributed by atoms with Crippen LogP contribution in [0.2, 0.25) is 0 Å². The molecule has 0 fully saturated rings. The summed E-state index contributed by atoms with van der Waals surface area (Å²) >= 11 is 0. The molecule has 2 N–H and O–H groups in total. The zero-order valence-electron chi connectivity index (χ0n) is 34.0. The topological polar surface area (TPSA) is 131 Å². The number of nitrogens with zero attached hydrogens (tertiary/aromatic N) is 2. The number of hydrogen-bond acceptors (Lipinski definition) is 10. The Morgan fingerprint density at radius 1 is 0.931 bits per heavy atom. The van der Waals surface area contributed by atoms with Crippen LogP contribution in [0.25, 0.3) is 11.1 Å². The van der Waals surface area contributed by atoms with Crippen molar-refractivity contribution < 1.29 is 38.0 Å². The second kappa shape index (κ2) is 18.6. The predicted molar refractivity (Wildman–Crippen MR) is 228 cm³/mol. The molecule has 58 heavy (non-hydrogen) atoms. The first-order valence-electron chi connectivity index (χ1n) is 19.3. The average Bonchev–Trinajstić information content (AvgIpc) is 3.89. The van der Waals surface area contributed by atoms with Crippen molar-refractivity contribution in [3.05, 3.63) is 119 Å². The maximum Gasteiger partial charge on any atom is 0.258 e. The van der Waals surface area contributed by atoms with Crippen molar-refractivity contribution in [2.75, 3.05) is 40.0 Å². The van der Waals surface area contributed by atoms with Gasteiger partial charge in [0, 0.05) is 41.7 Å². The lowest BCUT2D eigenvalue weighted by Gasteiger charge is -2.22. The van der Waals surface area contributed by atoms with E-state index in [1.807, 2.05) is 74.8 Å². The zero-order valence-corrected chi connectivity index (χ0v) is 34.0. The summed E-state index contributed by atoms with van der Waals surface area (Å²) in [6, 6.07) is 20.3. The minimum absolute atomic E-state index is 0.0576. The number of ketones is 1. The largest absolute Gasteiger partial charge is 0.493 e. The molecule has 0 aromatic heterocycles. The lowest BCUT2D eigenvalue weighted by molar-refractivity contribution is 0.0805. The van der Waals surface area contributed by atoms with Gasteiger partial charge < -0.3 is 39.1 Å². The van der Waals surface area contributed by atoms with E-state index in [0.29, 0.717) is 71.6 Å². The van der Waals surface area contributed by atoms with Crippen molar-refractivity contribution in [2.45, 2.75) is 53.0 Å². The van der Waals surface area contributed by atoms with Gasteiger partial charge in [-0.1, -0.05) is 37.3 Å². The predicted octanol–water partition coefficient (Wildman–Crippen LogP) is 9.65. The van der Waals surface area contributed by atoms with Gasteiger partial charge in [-0.2, -0.15) is 0 Å². The molecule has 11 heteroatoms. The van der Waals surface area contributed by atoms with Gasteiger partial charge in [-0.05, 0) is 110 Å². The standard InChI is InChI=1S/C47H51N3O8/c1-8-32(34-13-16-41-45(22-34)58-28-57-41)19-29(3)26-49-40-25-46(43(54-7)24-39(40)31(5)51)56-18-10-17-55-44-20-30(4)38(23-42(44)53-6)47(52)50-27-35(21-37(50)9-2)33-11-14-36(48)15-12-33/h8-9,11-16,20,22-27,29,37H,2,10,17-19,21,28,48H2,1,3-7H3/b32-8+,49-26-. The van der Waals surface area contributed by atoms with Crippen molar-refractivity contribution in [2.24, 2.45) is 10.9 Å². The van der Waals surface area contributed by atoms with Crippen LogP contribution < -0.4 is 34.2 Å². The zero-order chi connectivity index (χ0) is 41.3. The summed E-state index contributed by atoms with van der Waals surface area (Å²) < 4.78 is 34.6. The number of carbonyl (C=O) groups excluding carboxylic acids is 2. The highest BCUT2D eigenvalue weighted by atomic mass is 16.7. The molecule has 2 aliphatic rings. The van der Waals surface area contributed by atoms with Crippen molar-refractivity contribution in [3.8, 4) is 34.5 Å². The number of anilines is 1. The third-order valence-corrected chi connectivity index (χ3v) is 10.2. The SMILES string of the molecule is C=CC1CC(c2ccc(N)cc2)=CN1C(=O)c1cc(OC)c(OCCCOc2cc(/N=C\C(C)C/C(=C\C)c3ccc4c(c3)OCO4)c(C(C)=O)cc2OC)cc1C. The Morgan fingerprint density at radius 3 is 2.26 bits per heavy atom. The maximum absolute atomic E-state index is 13.9. The number of benzene rings is 4. The molecule has 0 saturated carbocycles. The minimum atomic E-state index is -0.185. The second-order valence-electron chi connectivity index (χ2n) is 14.3. The highest BCUT2D eigenvalue weighted by Gasteiger charge is 2.30. The lowest BCUT2D eigenvalue weighted by Crippen LogP contribution is -2.31. The number of amides is 1. The fraction of sp³-hybridized carbons (Fsp3) is 0.298. The number of ether oxygens (including phenoxy) is 6. The van der Waals surface area contributed by atoms with Gasteiger partial charge >= 0.3 is 0 Å². The monoisotopic (exact) mass is 785 g/mol. The number of aryl methyl sites for hydroxylation is 1. The smallest absolute Gasteiger partial charge is 0.258 e. The molecule has 2 atom stereocenters.